The van der Waals surface area contributed by atoms with Gasteiger partial charge in [-0.3, -0.25) is 0 Å². The van der Waals surface area contributed by atoms with Crippen LogP contribution in [0.3, 0.4) is 0 Å². The number of hydrogen-bond donors (Lipinski definition) is 2. The number of hydrogen-bond acceptors (Lipinski definition) is 1. The monoisotopic (exact) mass is 202 g/mol. The van der Waals surface area contributed by atoms with Crippen molar-refractivity contribution in [2.75, 3.05) is 6.54 Å². The van der Waals surface area contributed by atoms with Crippen LogP contribution in [-0.2, 0) is 0 Å². The van der Waals surface area contributed by atoms with Crippen LogP contribution in [0.25, 0.3) is 10.9 Å². The SMILES string of the molecule is CC(CCCN)c1c[nH]c2ccccc12. The van der Waals surface area contributed by atoms with Crippen LogP contribution in [0.1, 0.15) is 31.2 Å². The van der Waals surface area contributed by atoms with Crippen molar-refractivity contribution in [3.63, 3.8) is 0 Å². The summed E-state index contributed by atoms with van der Waals surface area (Å²) in [5, 5.41) is 1.35. The summed E-state index contributed by atoms with van der Waals surface area (Å²) in [7, 11) is 0. The molecule has 0 aliphatic carbocycles. The van der Waals surface area contributed by atoms with Gasteiger partial charge in [-0.2, -0.15) is 0 Å². The molecule has 1 aromatic carbocycles. The van der Waals surface area contributed by atoms with Crippen LogP contribution >= 0.6 is 0 Å². The molecule has 80 valence electrons. The minimum atomic E-state index is 0.588. The van der Waals surface area contributed by atoms with Crippen molar-refractivity contribution in [2.45, 2.75) is 25.7 Å². The Morgan fingerprint density at radius 3 is 2.93 bits per heavy atom. The molecule has 1 atom stereocenters. The normalized spacial score (nSPS) is 13.2. The number of rotatable bonds is 4. The molecule has 0 saturated heterocycles. The molecule has 1 unspecified atom stereocenters. The molecular formula is C13H18N2. The summed E-state index contributed by atoms with van der Waals surface area (Å²) in [6.45, 7) is 3.05. The third kappa shape index (κ3) is 2.05. The highest BCUT2D eigenvalue weighted by molar-refractivity contribution is 5.83. The number of aromatic nitrogens is 1. The zero-order chi connectivity index (χ0) is 10.7. The van der Waals surface area contributed by atoms with Gasteiger partial charge in [0.1, 0.15) is 0 Å². The van der Waals surface area contributed by atoms with E-state index in [-0.39, 0.29) is 0 Å². The van der Waals surface area contributed by atoms with Gasteiger partial charge in [-0.15, -0.1) is 0 Å². The van der Waals surface area contributed by atoms with Crippen LogP contribution in [0.4, 0.5) is 0 Å². The first-order chi connectivity index (χ1) is 7.33. The van der Waals surface area contributed by atoms with Gasteiger partial charge < -0.3 is 10.7 Å². The van der Waals surface area contributed by atoms with E-state index in [0.29, 0.717) is 5.92 Å². The zero-order valence-electron chi connectivity index (χ0n) is 9.16. The van der Waals surface area contributed by atoms with Gasteiger partial charge in [0.05, 0.1) is 0 Å². The van der Waals surface area contributed by atoms with E-state index >= 15 is 0 Å². The summed E-state index contributed by atoms with van der Waals surface area (Å²) in [4.78, 5) is 3.31. The van der Waals surface area contributed by atoms with Gasteiger partial charge in [-0.1, -0.05) is 25.1 Å². The summed E-state index contributed by atoms with van der Waals surface area (Å²) < 4.78 is 0. The smallest absolute Gasteiger partial charge is 0.0456 e. The van der Waals surface area contributed by atoms with E-state index in [0.717, 1.165) is 13.0 Å². The fourth-order valence-electron chi connectivity index (χ4n) is 2.08. The molecule has 15 heavy (non-hydrogen) atoms. The molecule has 2 aromatic rings. The average Bonchev–Trinajstić information content (AvgIpc) is 2.69. The first-order valence-corrected chi connectivity index (χ1v) is 5.59. The van der Waals surface area contributed by atoms with E-state index in [1.54, 1.807) is 0 Å². The molecule has 0 amide bonds. The molecule has 0 bridgehead atoms. The molecule has 0 aliphatic rings. The van der Waals surface area contributed by atoms with Gasteiger partial charge >= 0.3 is 0 Å². The summed E-state index contributed by atoms with van der Waals surface area (Å²) in [6.07, 6.45) is 4.39. The van der Waals surface area contributed by atoms with Crippen LogP contribution < -0.4 is 5.73 Å². The van der Waals surface area contributed by atoms with E-state index in [9.17, 15) is 0 Å². The first-order valence-electron chi connectivity index (χ1n) is 5.59. The molecule has 0 aliphatic heterocycles. The van der Waals surface area contributed by atoms with Crippen LogP contribution in [0.2, 0.25) is 0 Å². The Morgan fingerprint density at radius 2 is 2.13 bits per heavy atom. The maximum absolute atomic E-state index is 5.54. The molecule has 3 N–H and O–H groups in total. The summed E-state index contributed by atoms with van der Waals surface area (Å²) >= 11 is 0. The van der Waals surface area contributed by atoms with E-state index < -0.39 is 0 Å². The van der Waals surface area contributed by atoms with Crippen molar-refractivity contribution in [3.05, 3.63) is 36.0 Å². The standard InChI is InChI=1S/C13H18N2/c1-10(5-4-8-14)12-9-15-13-7-3-2-6-11(12)13/h2-3,6-7,9-10,15H,4-5,8,14H2,1H3. The summed E-state index contributed by atoms with van der Waals surface area (Å²) in [5.41, 5.74) is 8.18. The second-order valence-corrected chi connectivity index (χ2v) is 4.12. The minimum Gasteiger partial charge on any atom is -0.361 e. The van der Waals surface area contributed by atoms with Crippen LogP contribution in [0, 0.1) is 0 Å². The quantitative estimate of drug-likeness (QED) is 0.786. The molecular weight excluding hydrogens is 184 g/mol. The zero-order valence-corrected chi connectivity index (χ0v) is 9.16. The fourth-order valence-corrected chi connectivity index (χ4v) is 2.08. The van der Waals surface area contributed by atoms with Gasteiger partial charge in [0.15, 0.2) is 0 Å². The van der Waals surface area contributed by atoms with E-state index in [1.165, 1.54) is 22.9 Å². The highest BCUT2D eigenvalue weighted by Gasteiger charge is 2.09. The topological polar surface area (TPSA) is 41.8 Å². The molecule has 0 fully saturated rings. The number of benzene rings is 1. The lowest BCUT2D eigenvalue weighted by Gasteiger charge is -2.09. The number of fused-ring (bicyclic) bond motifs is 1. The Bertz CT molecular complexity index is 431. The predicted molar refractivity (Wildman–Crippen MR) is 65.0 cm³/mol. The number of nitrogens with two attached hydrogens (primary N) is 1. The third-order valence-corrected chi connectivity index (χ3v) is 2.99. The molecule has 0 radical (unpaired) electrons. The number of H-pyrrole nitrogens is 1. The molecule has 2 heteroatoms. The van der Waals surface area contributed by atoms with Gasteiger partial charge in [0.25, 0.3) is 0 Å². The summed E-state index contributed by atoms with van der Waals surface area (Å²) in [6, 6.07) is 8.46. The molecule has 0 saturated carbocycles. The molecule has 1 aromatic heterocycles. The van der Waals surface area contributed by atoms with E-state index in [2.05, 4.69) is 42.4 Å². The second kappa shape index (κ2) is 4.49. The fraction of sp³-hybridized carbons (Fsp3) is 0.385. The van der Waals surface area contributed by atoms with Crippen molar-refractivity contribution in [2.24, 2.45) is 5.73 Å². The lowest BCUT2D eigenvalue weighted by molar-refractivity contribution is 0.644. The summed E-state index contributed by atoms with van der Waals surface area (Å²) in [5.74, 6) is 0.588. The highest BCUT2D eigenvalue weighted by atomic mass is 14.7. The van der Waals surface area contributed by atoms with Crippen LogP contribution in [-0.4, -0.2) is 11.5 Å². The Kier molecular flexibility index (Phi) is 3.07. The molecule has 2 rings (SSSR count). The van der Waals surface area contributed by atoms with Crippen LogP contribution in [0.15, 0.2) is 30.5 Å². The van der Waals surface area contributed by atoms with Gasteiger partial charge in [0.2, 0.25) is 0 Å². The van der Waals surface area contributed by atoms with Gasteiger partial charge in [-0.05, 0) is 36.9 Å². The van der Waals surface area contributed by atoms with Crippen LogP contribution in [0.5, 0.6) is 0 Å². The Morgan fingerprint density at radius 1 is 1.33 bits per heavy atom. The number of aromatic amines is 1. The van der Waals surface area contributed by atoms with Crippen molar-refractivity contribution < 1.29 is 0 Å². The predicted octanol–water partition coefficient (Wildman–Crippen LogP) is 3.01. The maximum atomic E-state index is 5.54. The van der Waals surface area contributed by atoms with Gasteiger partial charge in [-0.25, -0.2) is 0 Å². The molecule has 2 nitrogen and oxygen atoms in total. The minimum absolute atomic E-state index is 0.588. The van der Waals surface area contributed by atoms with Gasteiger partial charge in [0, 0.05) is 17.1 Å². The highest BCUT2D eigenvalue weighted by Crippen LogP contribution is 2.27. The first kappa shape index (κ1) is 10.2. The third-order valence-electron chi connectivity index (χ3n) is 2.99. The Hall–Kier alpha value is -1.28. The van der Waals surface area contributed by atoms with Crippen molar-refractivity contribution >= 4 is 10.9 Å². The number of nitrogens with one attached hydrogen (secondary N) is 1. The molecule has 0 spiro atoms. The second-order valence-electron chi connectivity index (χ2n) is 4.12. The lowest BCUT2D eigenvalue weighted by Crippen LogP contribution is -2.01. The molecule has 1 heterocycles. The lowest BCUT2D eigenvalue weighted by atomic mass is 9.96. The largest absolute Gasteiger partial charge is 0.361 e. The Balaban J connectivity index is 2.27. The van der Waals surface area contributed by atoms with Crippen molar-refractivity contribution in [3.8, 4) is 0 Å². The average molecular weight is 202 g/mol. The van der Waals surface area contributed by atoms with E-state index in [1.807, 2.05) is 0 Å². The Labute approximate surface area is 90.5 Å². The van der Waals surface area contributed by atoms with E-state index in [4.69, 9.17) is 5.73 Å². The van der Waals surface area contributed by atoms with Crippen molar-refractivity contribution in [1.29, 1.82) is 0 Å². The van der Waals surface area contributed by atoms with Crippen molar-refractivity contribution in [1.82, 2.24) is 4.98 Å². The number of para-hydroxylation sites is 1. The maximum Gasteiger partial charge on any atom is 0.0456 e.